The highest BCUT2D eigenvalue weighted by molar-refractivity contribution is 6.09. The van der Waals surface area contributed by atoms with Gasteiger partial charge in [-0.25, -0.2) is 14.8 Å². The Bertz CT molecular complexity index is 1700. The summed E-state index contributed by atoms with van der Waals surface area (Å²) in [5.41, 5.74) is 8.47. The molecule has 4 heterocycles. The van der Waals surface area contributed by atoms with Crippen LogP contribution < -0.4 is 4.90 Å². The number of aromatic nitrogens is 3. The third-order valence-corrected chi connectivity index (χ3v) is 8.36. The molecule has 0 spiro atoms. The first kappa shape index (κ1) is 24.5. The zero-order valence-electron chi connectivity index (χ0n) is 21.9. The number of hydrogen-bond donors (Lipinski definition) is 3. The first-order chi connectivity index (χ1) is 19.5. The number of nitrogens with one attached hydrogen (secondary N) is 1. The van der Waals surface area contributed by atoms with E-state index >= 15 is 0 Å². The van der Waals surface area contributed by atoms with E-state index < -0.39 is 6.09 Å². The normalized spacial score (nSPS) is 17.2. The number of carbonyl (C=O) groups excluding carboxylic acids is 1. The number of nitrogens with zero attached hydrogens (tertiary/aromatic N) is 4. The van der Waals surface area contributed by atoms with Crippen molar-refractivity contribution in [3.8, 4) is 11.3 Å². The van der Waals surface area contributed by atoms with Crippen molar-refractivity contribution < 1.29 is 19.8 Å². The second kappa shape index (κ2) is 9.60. The molecule has 0 bridgehead atoms. The standard InChI is InChI=1S/C31H29N5O4/c37-16-25-23(28-24-15-26(34-29(24)33-17-32-28)19-8-11-35(12-9-19)31(39)40)2-1-3-27(25)36-13-10-21-14-20(18-4-5-18)6-7-22(21)30(36)38/h1-3,6-8,14-15,17-18,37H,4-5,9-13,16H2,(H,39,40)(H,32,33,34). The summed E-state index contributed by atoms with van der Waals surface area (Å²) >= 11 is 0. The lowest BCUT2D eigenvalue weighted by Gasteiger charge is -2.31. The number of aromatic amines is 1. The molecular formula is C31H29N5O4. The van der Waals surface area contributed by atoms with Crippen LogP contribution >= 0.6 is 0 Å². The van der Waals surface area contributed by atoms with Gasteiger partial charge in [0.25, 0.3) is 5.91 Å². The number of benzene rings is 2. The summed E-state index contributed by atoms with van der Waals surface area (Å²) in [6.45, 7) is 1.07. The maximum atomic E-state index is 13.7. The fourth-order valence-electron chi connectivity index (χ4n) is 6.04. The highest BCUT2D eigenvalue weighted by atomic mass is 16.4. The molecule has 1 saturated carbocycles. The Hall–Kier alpha value is -4.50. The van der Waals surface area contributed by atoms with Gasteiger partial charge >= 0.3 is 6.09 Å². The molecule has 202 valence electrons. The van der Waals surface area contributed by atoms with Crippen molar-refractivity contribution in [2.45, 2.75) is 38.2 Å². The van der Waals surface area contributed by atoms with Gasteiger partial charge in [0.05, 0.1) is 18.0 Å². The van der Waals surface area contributed by atoms with Crippen molar-refractivity contribution in [2.75, 3.05) is 24.5 Å². The molecule has 0 unspecified atom stereocenters. The molecule has 4 aromatic rings. The Morgan fingerprint density at radius 3 is 2.67 bits per heavy atom. The largest absolute Gasteiger partial charge is 0.465 e. The van der Waals surface area contributed by atoms with Gasteiger partial charge in [0.15, 0.2) is 0 Å². The number of aliphatic hydroxyl groups excluding tert-OH is 1. The molecule has 1 aliphatic carbocycles. The quantitative estimate of drug-likeness (QED) is 0.332. The van der Waals surface area contributed by atoms with Crippen molar-refractivity contribution in [3.63, 3.8) is 0 Å². The topological polar surface area (TPSA) is 123 Å². The van der Waals surface area contributed by atoms with Crippen molar-refractivity contribution in [1.82, 2.24) is 19.9 Å². The van der Waals surface area contributed by atoms with Crippen LogP contribution in [0.3, 0.4) is 0 Å². The van der Waals surface area contributed by atoms with Crippen LogP contribution in [0.15, 0.2) is 54.9 Å². The number of hydrogen-bond acceptors (Lipinski definition) is 5. The number of aliphatic hydroxyl groups is 1. The Labute approximate surface area is 230 Å². The monoisotopic (exact) mass is 535 g/mol. The summed E-state index contributed by atoms with van der Waals surface area (Å²) in [6.07, 6.45) is 6.31. The average molecular weight is 536 g/mol. The van der Waals surface area contributed by atoms with E-state index in [1.165, 1.54) is 29.6 Å². The van der Waals surface area contributed by atoms with E-state index in [1.54, 1.807) is 4.90 Å². The minimum Gasteiger partial charge on any atom is -0.465 e. The number of anilines is 1. The van der Waals surface area contributed by atoms with Crippen LogP contribution in [-0.4, -0.2) is 61.7 Å². The fraction of sp³-hybridized carbons (Fsp3) is 0.290. The summed E-state index contributed by atoms with van der Waals surface area (Å²) < 4.78 is 0. The van der Waals surface area contributed by atoms with E-state index in [1.807, 2.05) is 36.4 Å². The average Bonchev–Trinajstić information content (AvgIpc) is 3.74. The van der Waals surface area contributed by atoms with Gasteiger partial charge in [0, 0.05) is 47.4 Å². The third-order valence-electron chi connectivity index (χ3n) is 8.36. The molecule has 9 heteroatoms. The first-order valence-corrected chi connectivity index (χ1v) is 13.7. The van der Waals surface area contributed by atoms with Gasteiger partial charge < -0.3 is 25.0 Å². The highest BCUT2D eigenvalue weighted by Gasteiger charge is 2.30. The molecule has 2 amide bonds. The first-order valence-electron chi connectivity index (χ1n) is 13.7. The molecule has 40 heavy (non-hydrogen) atoms. The number of fused-ring (bicyclic) bond motifs is 2. The zero-order valence-corrected chi connectivity index (χ0v) is 21.9. The van der Waals surface area contributed by atoms with Crippen LogP contribution in [0, 0.1) is 0 Å². The second-order valence-corrected chi connectivity index (χ2v) is 10.7. The highest BCUT2D eigenvalue weighted by Crippen LogP contribution is 2.42. The summed E-state index contributed by atoms with van der Waals surface area (Å²) in [5.74, 6) is 0.593. The Morgan fingerprint density at radius 2 is 1.93 bits per heavy atom. The molecule has 2 aromatic heterocycles. The molecule has 0 radical (unpaired) electrons. The van der Waals surface area contributed by atoms with Crippen molar-refractivity contribution >= 4 is 34.3 Å². The fourth-order valence-corrected chi connectivity index (χ4v) is 6.04. The predicted molar refractivity (Wildman–Crippen MR) is 151 cm³/mol. The van der Waals surface area contributed by atoms with Crippen LogP contribution in [0.4, 0.5) is 10.5 Å². The van der Waals surface area contributed by atoms with E-state index in [-0.39, 0.29) is 12.5 Å². The summed E-state index contributed by atoms with van der Waals surface area (Å²) in [6, 6.07) is 13.9. The zero-order chi connectivity index (χ0) is 27.4. The Balaban J connectivity index is 1.25. The van der Waals surface area contributed by atoms with Gasteiger partial charge in [-0.1, -0.05) is 30.3 Å². The van der Waals surface area contributed by atoms with Gasteiger partial charge in [0.2, 0.25) is 0 Å². The lowest BCUT2D eigenvalue weighted by Crippen LogP contribution is -2.38. The van der Waals surface area contributed by atoms with E-state index in [2.05, 4.69) is 27.1 Å². The van der Waals surface area contributed by atoms with Crippen molar-refractivity contribution in [2.24, 2.45) is 0 Å². The number of carbonyl (C=O) groups is 2. The molecule has 0 saturated heterocycles. The Morgan fingerprint density at radius 1 is 1.05 bits per heavy atom. The van der Waals surface area contributed by atoms with E-state index in [0.29, 0.717) is 54.6 Å². The lowest BCUT2D eigenvalue weighted by atomic mass is 9.93. The number of carboxylic acid groups (broad SMARTS) is 1. The van der Waals surface area contributed by atoms with Crippen molar-refractivity contribution in [3.05, 3.63) is 82.8 Å². The summed E-state index contributed by atoms with van der Waals surface area (Å²) in [7, 11) is 0. The molecule has 2 aromatic carbocycles. The molecule has 1 fully saturated rings. The molecular weight excluding hydrogens is 506 g/mol. The molecule has 2 aliphatic heterocycles. The number of H-pyrrole nitrogens is 1. The van der Waals surface area contributed by atoms with Crippen LogP contribution in [0.25, 0.3) is 27.9 Å². The summed E-state index contributed by atoms with van der Waals surface area (Å²) in [5, 5.41) is 20.6. The van der Waals surface area contributed by atoms with E-state index in [9.17, 15) is 19.8 Å². The summed E-state index contributed by atoms with van der Waals surface area (Å²) in [4.78, 5) is 40.5. The van der Waals surface area contributed by atoms with Crippen LogP contribution in [0.1, 0.15) is 57.9 Å². The smallest absolute Gasteiger partial charge is 0.407 e. The maximum Gasteiger partial charge on any atom is 0.407 e. The van der Waals surface area contributed by atoms with Gasteiger partial charge in [-0.2, -0.15) is 0 Å². The number of amides is 2. The SMILES string of the molecule is O=C(O)N1CC=C(c2cc3c(-c4cccc(N5CCc6cc(C7CC7)ccc6C5=O)c4CO)ncnc3[nH]2)CC1. The van der Waals surface area contributed by atoms with Crippen LogP contribution in [-0.2, 0) is 13.0 Å². The molecule has 3 N–H and O–H groups in total. The van der Waals surface area contributed by atoms with Gasteiger partial charge in [0.1, 0.15) is 12.0 Å². The van der Waals surface area contributed by atoms with Gasteiger partial charge in [-0.15, -0.1) is 0 Å². The maximum absolute atomic E-state index is 13.7. The van der Waals surface area contributed by atoms with Crippen molar-refractivity contribution in [1.29, 1.82) is 0 Å². The van der Waals surface area contributed by atoms with E-state index in [0.717, 1.165) is 39.8 Å². The Kier molecular flexibility index (Phi) is 5.89. The van der Waals surface area contributed by atoms with Crippen LogP contribution in [0.2, 0.25) is 0 Å². The minimum absolute atomic E-state index is 0.0492. The van der Waals surface area contributed by atoms with E-state index in [4.69, 9.17) is 0 Å². The molecule has 7 rings (SSSR count). The molecule has 9 nitrogen and oxygen atoms in total. The van der Waals surface area contributed by atoms with Gasteiger partial charge in [-0.05, 0) is 66.5 Å². The predicted octanol–water partition coefficient (Wildman–Crippen LogP) is 4.96. The minimum atomic E-state index is -0.921. The van der Waals surface area contributed by atoms with Gasteiger partial charge in [-0.3, -0.25) is 4.79 Å². The third kappa shape index (κ3) is 4.14. The molecule has 0 atom stereocenters. The lowest BCUT2D eigenvalue weighted by molar-refractivity contribution is 0.0980. The van der Waals surface area contributed by atoms with Crippen LogP contribution in [0.5, 0.6) is 0 Å². The number of rotatable bonds is 5. The second-order valence-electron chi connectivity index (χ2n) is 10.7. The molecule has 3 aliphatic rings.